The Hall–Kier alpha value is -1.66. The summed E-state index contributed by atoms with van der Waals surface area (Å²) in [6, 6.07) is 5.64. The van der Waals surface area contributed by atoms with E-state index in [1.807, 2.05) is 25.2 Å². The Kier molecular flexibility index (Phi) is 4.11. The van der Waals surface area contributed by atoms with Crippen LogP contribution in [-0.2, 0) is 0 Å². The second-order valence-electron chi connectivity index (χ2n) is 3.77. The van der Waals surface area contributed by atoms with Crippen LogP contribution in [-0.4, -0.2) is 41.3 Å². The summed E-state index contributed by atoms with van der Waals surface area (Å²) in [5.74, 6) is 1.28. The molecular weight excluding hydrogens is 254 g/mol. The van der Waals surface area contributed by atoms with Crippen molar-refractivity contribution in [2.24, 2.45) is 0 Å². The number of ether oxygens (including phenoxy) is 1. The van der Waals surface area contributed by atoms with Crippen molar-refractivity contribution in [3.63, 3.8) is 0 Å². The van der Waals surface area contributed by atoms with Crippen LogP contribution in [0.2, 0.25) is 5.02 Å². The van der Waals surface area contributed by atoms with Crippen molar-refractivity contribution in [1.29, 1.82) is 0 Å². The lowest BCUT2D eigenvalue weighted by atomic mass is 9.98. The molecule has 0 saturated heterocycles. The van der Waals surface area contributed by atoms with E-state index in [2.05, 4.69) is 25.9 Å². The van der Waals surface area contributed by atoms with Gasteiger partial charge in [0.15, 0.2) is 5.82 Å². The number of nitrogens with one attached hydrogen (secondary N) is 2. The van der Waals surface area contributed by atoms with E-state index in [9.17, 15) is 0 Å². The summed E-state index contributed by atoms with van der Waals surface area (Å²) in [6.07, 6.45) is 0. The highest BCUT2D eigenvalue weighted by Crippen LogP contribution is 2.29. The zero-order chi connectivity index (χ0) is 13.0. The van der Waals surface area contributed by atoms with E-state index < -0.39 is 0 Å². The molecule has 1 heterocycles. The molecule has 0 aliphatic rings. The number of benzene rings is 1. The van der Waals surface area contributed by atoms with Crippen LogP contribution in [0.15, 0.2) is 18.2 Å². The lowest BCUT2D eigenvalue weighted by Crippen LogP contribution is -2.19. The molecule has 0 radical (unpaired) electrons. The summed E-state index contributed by atoms with van der Waals surface area (Å²) < 4.78 is 5.13. The van der Waals surface area contributed by atoms with E-state index in [1.165, 1.54) is 0 Å². The van der Waals surface area contributed by atoms with E-state index in [-0.39, 0.29) is 5.92 Å². The topological polar surface area (TPSA) is 75.7 Å². The van der Waals surface area contributed by atoms with Gasteiger partial charge in [-0.3, -0.25) is 0 Å². The molecule has 1 aromatic carbocycles. The second kappa shape index (κ2) is 5.79. The first kappa shape index (κ1) is 12.8. The number of H-pyrrole nitrogens is 1. The summed E-state index contributed by atoms with van der Waals surface area (Å²) in [5, 5.41) is 17.8. The van der Waals surface area contributed by atoms with Crippen molar-refractivity contribution in [1.82, 2.24) is 25.9 Å². The molecule has 0 fully saturated rings. The van der Waals surface area contributed by atoms with Crippen molar-refractivity contribution in [3.8, 4) is 5.75 Å². The van der Waals surface area contributed by atoms with E-state index in [0.717, 1.165) is 5.56 Å². The van der Waals surface area contributed by atoms with Crippen molar-refractivity contribution in [3.05, 3.63) is 34.6 Å². The Balaban J connectivity index is 2.34. The fourth-order valence-electron chi connectivity index (χ4n) is 1.78. The van der Waals surface area contributed by atoms with Crippen LogP contribution in [0.25, 0.3) is 0 Å². The minimum atomic E-state index is -0.00263. The summed E-state index contributed by atoms with van der Waals surface area (Å²) in [7, 11) is 3.46. The maximum atomic E-state index is 6.13. The Labute approximate surface area is 110 Å². The van der Waals surface area contributed by atoms with Crippen LogP contribution in [0.4, 0.5) is 0 Å². The van der Waals surface area contributed by atoms with Gasteiger partial charge in [-0.2, -0.15) is 5.21 Å². The molecule has 96 valence electrons. The van der Waals surface area contributed by atoms with Gasteiger partial charge in [0.2, 0.25) is 0 Å². The van der Waals surface area contributed by atoms with Gasteiger partial charge in [-0.15, -0.1) is 10.2 Å². The molecule has 0 spiro atoms. The number of methoxy groups -OCH3 is 1. The van der Waals surface area contributed by atoms with E-state index in [4.69, 9.17) is 16.3 Å². The van der Waals surface area contributed by atoms with E-state index in [1.54, 1.807) is 7.11 Å². The van der Waals surface area contributed by atoms with Gasteiger partial charge in [-0.1, -0.05) is 22.9 Å². The Bertz CT molecular complexity index is 502. The standard InChI is InChI=1S/C11H14ClN5O/c1-13-6-8(11-14-16-17-15-11)7-3-4-10(18-2)9(12)5-7/h3-5,8,13H,6H2,1-2H3,(H,14,15,16,17). The third-order valence-corrected chi connectivity index (χ3v) is 2.96. The minimum Gasteiger partial charge on any atom is -0.495 e. The molecule has 7 heteroatoms. The number of halogens is 1. The molecule has 6 nitrogen and oxygen atoms in total. The normalized spacial score (nSPS) is 12.4. The first-order valence-electron chi connectivity index (χ1n) is 5.47. The smallest absolute Gasteiger partial charge is 0.183 e. The highest BCUT2D eigenvalue weighted by atomic mass is 35.5. The van der Waals surface area contributed by atoms with E-state index in [0.29, 0.717) is 23.1 Å². The van der Waals surface area contributed by atoms with Gasteiger partial charge in [0.05, 0.1) is 18.1 Å². The molecule has 0 aliphatic carbocycles. The number of aromatic nitrogens is 4. The molecule has 0 aliphatic heterocycles. The van der Waals surface area contributed by atoms with Crippen molar-refractivity contribution in [2.75, 3.05) is 20.7 Å². The second-order valence-corrected chi connectivity index (χ2v) is 4.18. The average Bonchev–Trinajstić information content (AvgIpc) is 2.89. The van der Waals surface area contributed by atoms with Gasteiger partial charge >= 0.3 is 0 Å². The maximum absolute atomic E-state index is 6.13. The largest absolute Gasteiger partial charge is 0.495 e. The van der Waals surface area contributed by atoms with E-state index >= 15 is 0 Å². The molecule has 0 bridgehead atoms. The van der Waals surface area contributed by atoms with Crippen molar-refractivity contribution in [2.45, 2.75) is 5.92 Å². The zero-order valence-electron chi connectivity index (χ0n) is 10.1. The molecule has 0 amide bonds. The lowest BCUT2D eigenvalue weighted by Gasteiger charge is -2.14. The highest BCUT2D eigenvalue weighted by Gasteiger charge is 2.19. The van der Waals surface area contributed by atoms with Crippen LogP contribution in [0.1, 0.15) is 17.3 Å². The van der Waals surface area contributed by atoms with Gasteiger partial charge in [0.1, 0.15) is 5.75 Å². The summed E-state index contributed by atoms with van der Waals surface area (Å²) >= 11 is 6.13. The predicted molar refractivity (Wildman–Crippen MR) is 68.0 cm³/mol. The average molecular weight is 268 g/mol. The number of aromatic amines is 1. The summed E-state index contributed by atoms with van der Waals surface area (Å²) in [6.45, 7) is 0.697. The molecular formula is C11H14ClN5O. The van der Waals surface area contributed by atoms with Crippen LogP contribution >= 0.6 is 11.6 Å². The SMILES string of the molecule is CNCC(c1ccc(OC)c(Cl)c1)c1nn[nH]n1. The summed E-state index contributed by atoms with van der Waals surface area (Å²) in [5.41, 5.74) is 1.01. The molecule has 1 atom stereocenters. The minimum absolute atomic E-state index is 0.00263. The Morgan fingerprint density at radius 2 is 2.33 bits per heavy atom. The van der Waals surface area contributed by atoms with Gasteiger partial charge < -0.3 is 10.1 Å². The lowest BCUT2D eigenvalue weighted by molar-refractivity contribution is 0.415. The number of likely N-dealkylation sites (N-methyl/N-ethyl adjacent to an activating group) is 1. The monoisotopic (exact) mass is 267 g/mol. The van der Waals surface area contributed by atoms with Crippen LogP contribution in [0.3, 0.4) is 0 Å². The van der Waals surface area contributed by atoms with Crippen molar-refractivity contribution < 1.29 is 4.74 Å². The third kappa shape index (κ3) is 2.60. The Morgan fingerprint density at radius 3 is 2.89 bits per heavy atom. The van der Waals surface area contributed by atoms with Gasteiger partial charge in [0.25, 0.3) is 0 Å². The molecule has 0 saturated carbocycles. The fraction of sp³-hybridized carbons (Fsp3) is 0.364. The molecule has 2 rings (SSSR count). The number of tetrazole rings is 1. The maximum Gasteiger partial charge on any atom is 0.183 e. The zero-order valence-corrected chi connectivity index (χ0v) is 10.9. The van der Waals surface area contributed by atoms with Gasteiger partial charge in [-0.05, 0) is 24.7 Å². The van der Waals surface area contributed by atoms with Gasteiger partial charge in [-0.25, -0.2) is 0 Å². The quantitative estimate of drug-likeness (QED) is 0.852. The molecule has 2 N–H and O–H groups in total. The Morgan fingerprint density at radius 1 is 1.50 bits per heavy atom. The number of hydrogen-bond donors (Lipinski definition) is 2. The van der Waals surface area contributed by atoms with Crippen molar-refractivity contribution >= 4 is 11.6 Å². The summed E-state index contributed by atoms with van der Waals surface area (Å²) in [4.78, 5) is 0. The number of nitrogens with zero attached hydrogens (tertiary/aromatic N) is 3. The first-order valence-corrected chi connectivity index (χ1v) is 5.85. The fourth-order valence-corrected chi connectivity index (χ4v) is 2.04. The third-order valence-electron chi connectivity index (χ3n) is 2.66. The number of rotatable bonds is 5. The molecule has 1 aromatic heterocycles. The van der Waals surface area contributed by atoms with Gasteiger partial charge in [0, 0.05) is 6.54 Å². The molecule has 1 unspecified atom stereocenters. The first-order chi connectivity index (χ1) is 8.76. The van der Waals surface area contributed by atoms with Crippen LogP contribution in [0.5, 0.6) is 5.75 Å². The molecule has 2 aromatic rings. The highest BCUT2D eigenvalue weighted by molar-refractivity contribution is 6.32. The van der Waals surface area contributed by atoms with Crippen LogP contribution in [0, 0.1) is 0 Å². The molecule has 18 heavy (non-hydrogen) atoms. The van der Waals surface area contributed by atoms with Crippen LogP contribution < -0.4 is 10.1 Å². The number of hydrogen-bond acceptors (Lipinski definition) is 5. The predicted octanol–water partition coefficient (Wildman–Crippen LogP) is 1.21.